The predicted octanol–water partition coefficient (Wildman–Crippen LogP) is 4.93. The van der Waals surface area contributed by atoms with Crippen LogP contribution in [0.3, 0.4) is 0 Å². The van der Waals surface area contributed by atoms with Crippen LogP contribution >= 0.6 is 22.9 Å². The molecule has 1 heterocycles. The Hall–Kier alpha value is -2.88. The zero-order valence-electron chi connectivity index (χ0n) is 13.8. The molecule has 0 saturated carbocycles. The number of benzene rings is 2. The van der Waals surface area contributed by atoms with Gasteiger partial charge in [0.15, 0.2) is 5.13 Å². The molecule has 0 unspecified atom stereocenters. The quantitative estimate of drug-likeness (QED) is 0.626. The molecule has 0 fully saturated rings. The van der Waals surface area contributed by atoms with E-state index in [4.69, 9.17) is 21.6 Å². The number of amides is 1. The molecule has 3 rings (SSSR count). The number of carbonyl (C=O) groups is 1. The first-order valence-corrected chi connectivity index (χ1v) is 8.96. The molecule has 2 aromatic carbocycles. The van der Waals surface area contributed by atoms with Crippen LogP contribution in [-0.4, -0.2) is 10.9 Å². The molecule has 0 saturated heterocycles. The molecule has 0 radical (unpaired) electrons. The summed E-state index contributed by atoms with van der Waals surface area (Å²) in [5.41, 5.74) is 1.95. The van der Waals surface area contributed by atoms with Crippen LogP contribution in [0.4, 0.5) is 10.8 Å². The monoisotopic (exact) mass is 383 g/mol. The Morgan fingerprint density at radius 3 is 2.73 bits per heavy atom. The number of rotatable bonds is 5. The first kappa shape index (κ1) is 17.9. The number of halogens is 1. The van der Waals surface area contributed by atoms with E-state index in [2.05, 4.69) is 11.1 Å². The molecule has 0 aliphatic carbocycles. The number of hydrogen-bond donors (Lipinski definition) is 0. The fraction of sp³-hybridized carbons (Fsp3) is 0.105. The first-order chi connectivity index (χ1) is 12.6. The highest BCUT2D eigenvalue weighted by Gasteiger charge is 2.18. The number of thiazole rings is 1. The summed E-state index contributed by atoms with van der Waals surface area (Å²) in [5, 5.41) is 11.8. The van der Waals surface area contributed by atoms with Crippen LogP contribution in [0.5, 0.6) is 5.75 Å². The van der Waals surface area contributed by atoms with Crippen LogP contribution in [0.2, 0.25) is 5.02 Å². The molecular weight excluding hydrogens is 370 g/mol. The normalized spacial score (nSPS) is 10.2. The topological polar surface area (TPSA) is 66.2 Å². The molecule has 5 nitrogen and oxygen atoms in total. The van der Waals surface area contributed by atoms with Crippen molar-refractivity contribution < 1.29 is 9.53 Å². The van der Waals surface area contributed by atoms with E-state index in [1.54, 1.807) is 42.5 Å². The molecule has 0 aliphatic heterocycles. The molecule has 3 aromatic rings. The van der Waals surface area contributed by atoms with Crippen molar-refractivity contribution in [1.29, 1.82) is 5.26 Å². The number of hydrogen-bond acceptors (Lipinski definition) is 5. The summed E-state index contributed by atoms with van der Waals surface area (Å²) in [6, 6.07) is 16.0. The highest BCUT2D eigenvalue weighted by molar-refractivity contribution is 7.14. The fourth-order valence-electron chi connectivity index (χ4n) is 2.29. The fourth-order valence-corrected chi connectivity index (χ4v) is 3.35. The third-order valence-electron chi connectivity index (χ3n) is 3.48. The van der Waals surface area contributed by atoms with Crippen molar-refractivity contribution in [1.82, 2.24) is 4.98 Å². The average Bonchev–Trinajstić information content (AvgIpc) is 3.09. The highest BCUT2D eigenvalue weighted by atomic mass is 35.5. The van der Waals surface area contributed by atoms with Crippen molar-refractivity contribution in [2.75, 3.05) is 4.90 Å². The van der Waals surface area contributed by atoms with Gasteiger partial charge in [-0.25, -0.2) is 4.98 Å². The van der Waals surface area contributed by atoms with Crippen LogP contribution in [0.1, 0.15) is 18.2 Å². The van der Waals surface area contributed by atoms with E-state index >= 15 is 0 Å². The number of ether oxygens (including phenoxy) is 1. The third-order valence-corrected chi connectivity index (χ3v) is 4.59. The lowest BCUT2D eigenvalue weighted by Crippen LogP contribution is -2.22. The molecular formula is C19H14ClN3O2S. The minimum atomic E-state index is -0.152. The standard InChI is InChI=1S/C19H14ClN3O2S/c1-13(24)23(17-4-2-3-15(20)9-17)19-22-16(12-26-19)11-25-18-7-5-14(10-21)6-8-18/h2-9,12H,11H2,1H3. The molecule has 0 aliphatic rings. The van der Waals surface area contributed by atoms with Crippen molar-refractivity contribution in [2.24, 2.45) is 0 Å². The minimum Gasteiger partial charge on any atom is -0.487 e. The maximum absolute atomic E-state index is 12.1. The number of aromatic nitrogens is 1. The third kappa shape index (κ3) is 4.20. The van der Waals surface area contributed by atoms with Crippen LogP contribution in [0, 0.1) is 11.3 Å². The Balaban J connectivity index is 1.74. The SMILES string of the molecule is CC(=O)N(c1cccc(Cl)c1)c1nc(COc2ccc(C#N)cc2)cs1. The smallest absolute Gasteiger partial charge is 0.230 e. The Labute approximate surface area is 160 Å². The van der Waals surface area contributed by atoms with Crippen molar-refractivity contribution in [3.63, 3.8) is 0 Å². The van der Waals surface area contributed by atoms with E-state index in [0.29, 0.717) is 32.8 Å². The first-order valence-electron chi connectivity index (χ1n) is 7.70. The number of anilines is 2. The summed E-state index contributed by atoms with van der Waals surface area (Å²) in [7, 11) is 0. The lowest BCUT2D eigenvalue weighted by Gasteiger charge is -2.18. The second-order valence-corrected chi connectivity index (χ2v) is 6.65. The molecule has 0 atom stereocenters. The number of nitriles is 1. The lowest BCUT2D eigenvalue weighted by atomic mass is 10.2. The second kappa shape index (κ2) is 8.00. The van der Waals surface area contributed by atoms with E-state index < -0.39 is 0 Å². The van der Waals surface area contributed by atoms with Crippen molar-refractivity contribution in [3.05, 3.63) is 70.2 Å². The zero-order valence-corrected chi connectivity index (χ0v) is 15.4. The van der Waals surface area contributed by atoms with Gasteiger partial charge in [0, 0.05) is 17.3 Å². The van der Waals surface area contributed by atoms with Crippen molar-refractivity contribution in [2.45, 2.75) is 13.5 Å². The second-order valence-electron chi connectivity index (χ2n) is 5.38. The Bertz CT molecular complexity index is 963. The van der Waals surface area contributed by atoms with Gasteiger partial charge in [-0.3, -0.25) is 9.69 Å². The van der Waals surface area contributed by atoms with Gasteiger partial charge in [0.05, 0.1) is 23.0 Å². The predicted molar refractivity (Wildman–Crippen MR) is 102 cm³/mol. The van der Waals surface area contributed by atoms with Gasteiger partial charge in [0.1, 0.15) is 12.4 Å². The maximum Gasteiger partial charge on any atom is 0.230 e. The molecule has 0 spiro atoms. The Morgan fingerprint density at radius 2 is 2.08 bits per heavy atom. The summed E-state index contributed by atoms with van der Waals surface area (Å²) in [4.78, 5) is 18.1. The summed E-state index contributed by atoms with van der Waals surface area (Å²) >= 11 is 7.39. The zero-order chi connectivity index (χ0) is 18.5. The summed E-state index contributed by atoms with van der Waals surface area (Å²) in [6.07, 6.45) is 0. The van der Waals surface area contributed by atoms with E-state index in [0.717, 1.165) is 0 Å². The summed E-state index contributed by atoms with van der Waals surface area (Å²) in [5.74, 6) is 0.498. The van der Waals surface area contributed by atoms with Crippen molar-refractivity contribution in [3.8, 4) is 11.8 Å². The van der Waals surface area contributed by atoms with Crippen LogP contribution in [0.25, 0.3) is 0 Å². The minimum absolute atomic E-state index is 0.152. The molecule has 1 amide bonds. The highest BCUT2D eigenvalue weighted by Crippen LogP contribution is 2.30. The van der Waals surface area contributed by atoms with Gasteiger partial charge in [0.25, 0.3) is 0 Å². The van der Waals surface area contributed by atoms with Crippen LogP contribution in [0.15, 0.2) is 53.9 Å². The van der Waals surface area contributed by atoms with Gasteiger partial charge >= 0.3 is 0 Å². The van der Waals surface area contributed by atoms with Gasteiger partial charge < -0.3 is 4.74 Å². The molecule has 26 heavy (non-hydrogen) atoms. The van der Waals surface area contributed by atoms with E-state index in [1.807, 2.05) is 11.4 Å². The van der Waals surface area contributed by atoms with Crippen LogP contribution < -0.4 is 9.64 Å². The molecule has 130 valence electrons. The van der Waals surface area contributed by atoms with Gasteiger partial charge in [0.2, 0.25) is 5.91 Å². The Kier molecular flexibility index (Phi) is 5.52. The van der Waals surface area contributed by atoms with E-state index in [9.17, 15) is 4.79 Å². The molecule has 0 bridgehead atoms. The Morgan fingerprint density at radius 1 is 1.31 bits per heavy atom. The van der Waals surface area contributed by atoms with Crippen molar-refractivity contribution >= 4 is 39.7 Å². The largest absolute Gasteiger partial charge is 0.487 e. The number of carbonyl (C=O) groups excluding carboxylic acids is 1. The maximum atomic E-state index is 12.1. The van der Waals surface area contributed by atoms with Gasteiger partial charge in [-0.15, -0.1) is 11.3 Å². The van der Waals surface area contributed by atoms with Gasteiger partial charge in [-0.05, 0) is 42.5 Å². The van der Waals surface area contributed by atoms with E-state index in [1.165, 1.54) is 23.2 Å². The van der Waals surface area contributed by atoms with Gasteiger partial charge in [-0.2, -0.15) is 5.26 Å². The molecule has 0 N–H and O–H groups in total. The van der Waals surface area contributed by atoms with Gasteiger partial charge in [-0.1, -0.05) is 17.7 Å². The molecule has 1 aromatic heterocycles. The lowest BCUT2D eigenvalue weighted by molar-refractivity contribution is -0.115. The number of nitrogens with zero attached hydrogens (tertiary/aromatic N) is 3. The summed E-state index contributed by atoms with van der Waals surface area (Å²) < 4.78 is 5.68. The van der Waals surface area contributed by atoms with E-state index in [-0.39, 0.29) is 12.5 Å². The van der Waals surface area contributed by atoms with Crippen LogP contribution in [-0.2, 0) is 11.4 Å². The molecule has 7 heteroatoms. The summed E-state index contributed by atoms with van der Waals surface area (Å²) in [6.45, 7) is 1.75. The average molecular weight is 384 g/mol.